The molecule has 0 heterocycles. The highest BCUT2D eigenvalue weighted by Gasteiger charge is 2.43. The molecule has 0 amide bonds. The van der Waals surface area contributed by atoms with Crippen LogP contribution in [0.2, 0.25) is 0 Å². The maximum atomic E-state index is 14.7. The molecule has 1 aromatic carbocycles. The molecule has 1 fully saturated rings. The van der Waals surface area contributed by atoms with Crippen LogP contribution in [0.5, 0.6) is 5.75 Å². The number of aliphatic hydroxyl groups excluding tert-OH is 1. The van der Waals surface area contributed by atoms with Crippen LogP contribution in [0, 0.1) is 11.8 Å². The van der Waals surface area contributed by atoms with Crippen LogP contribution in [0.25, 0.3) is 0 Å². The van der Waals surface area contributed by atoms with Gasteiger partial charge in [-0.2, -0.15) is 8.78 Å². The zero-order valence-corrected chi connectivity index (χ0v) is 26.5. The third-order valence-electron chi connectivity index (χ3n) is 7.64. The van der Waals surface area contributed by atoms with Gasteiger partial charge in [-0.25, -0.2) is 0 Å². The Kier molecular flexibility index (Phi) is 17.6. The van der Waals surface area contributed by atoms with Crippen molar-refractivity contribution in [2.75, 3.05) is 6.61 Å². The van der Waals surface area contributed by atoms with Gasteiger partial charge >= 0.3 is 11.9 Å². The molecule has 1 saturated carbocycles. The molecule has 8 heteroatoms. The van der Waals surface area contributed by atoms with E-state index < -0.39 is 30.7 Å². The number of para-hydroxylation sites is 1. The highest BCUT2D eigenvalue weighted by molar-refractivity contribution is 5.69. The number of benzene rings is 1. The lowest BCUT2D eigenvalue weighted by molar-refractivity contribution is -0.151. The van der Waals surface area contributed by atoms with Crippen molar-refractivity contribution in [3.05, 3.63) is 67.3 Å². The predicted molar refractivity (Wildman–Crippen MR) is 169 cm³/mol. The fraction of sp³-hybridized carbons (Fsp3) is 0.611. The monoisotopic (exact) mass is 618 g/mol. The number of rotatable bonds is 22. The van der Waals surface area contributed by atoms with E-state index in [1.807, 2.05) is 18.2 Å². The predicted octanol–water partition coefficient (Wildman–Crippen LogP) is 8.54. The van der Waals surface area contributed by atoms with Gasteiger partial charge < -0.3 is 19.3 Å². The minimum absolute atomic E-state index is 0.152. The maximum Gasteiger partial charge on any atom is 0.306 e. The van der Waals surface area contributed by atoms with Crippen LogP contribution >= 0.6 is 0 Å². The normalized spacial score (nSPS) is 20.4. The van der Waals surface area contributed by atoms with Crippen LogP contribution < -0.4 is 4.74 Å². The topological polar surface area (TPSA) is 82.1 Å². The average Bonchev–Trinajstić information content (AvgIpc) is 3.27. The Bertz CT molecular complexity index is 1020. The van der Waals surface area contributed by atoms with Crippen molar-refractivity contribution in [3.8, 4) is 5.75 Å². The van der Waals surface area contributed by atoms with E-state index >= 15 is 0 Å². The molecule has 0 saturated heterocycles. The van der Waals surface area contributed by atoms with Crippen LogP contribution in [0.4, 0.5) is 8.78 Å². The lowest BCUT2D eigenvalue weighted by Gasteiger charge is -2.23. The largest absolute Gasteiger partial charge is 0.487 e. The van der Waals surface area contributed by atoms with Gasteiger partial charge in [-0.15, -0.1) is 6.58 Å². The second-order valence-corrected chi connectivity index (χ2v) is 11.9. The Morgan fingerprint density at radius 1 is 0.977 bits per heavy atom. The summed E-state index contributed by atoms with van der Waals surface area (Å²) in [5.74, 6) is -4.44. The Balaban J connectivity index is 1.96. The molecular formula is C36H52F2O6. The SMILES string of the molecule is C=CCCCCCCCCC(=O)O[C@H]1C[C@@H](O)[C@H](/C=C/C(F)(F)COc2ccccc2)[C@H]1C/C=C\CCCC(=O)OC(C)C. The van der Waals surface area contributed by atoms with E-state index in [1.54, 1.807) is 44.2 Å². The summed E-state index contributed by atoms with van der Waals surface area (Å²) in [5.41, 5.74) is 0. The second kappa shape index (κ2) is 20.9. The van der Waals surface area contributed by atoms with Gasteiger partial charge in [0.15, 0.2) is 6.61 Å². The van der Waals surface area contributed by atoms with Crippen LogP contribution in [0.15, 0.2) is 67.3 Å². The molecule has 1 N–H and O–H groups in total. The number of unbranched alkanes of at least 4 members (excludes halogenated alkanes) is 7. The number of hydrogen-bond acceptors (Lipinski definition) is 6. The molecule has 0 spiro atoms. The van der Waals surface area contributed by atoms with Crippen LogP contribution in [0.1, 0.15) is 97.3 Å². The number of ether oxygens (including phenoxy) is 3. The van der Waals surface area contributed by atoms with Gasteiger partial charge in [-0.3, -0.25) is 9.59 Å². The van der Waals surface area contributed by atoms with Gasteiger partial charge in [-0.05, 0) is 70.6 Å². The Labute approximate surface area is 262 Å². The van der Waals surface area contributed by atoms with Crippen molar-refractivity contribution in [3.63, 3.8) is 0 Å². The number of allylic oxidation sites excluding steroid dienone is 3. The number of halogens is 2. The van der Waals surface area contributed by atoms with Crippen molar-refractivity contribution in [1.82, 2.24) is 0 Å². The minimum Gasteiger partial charge on any atom is -0.487 e. The van der Waals surface area contributed by atoms with E-state index in [1.165, 1.54) is 6.08 Å². The van der Waals surface area contributed by atoms with Crippen molar-refractivity contribution in [2.24, 2.45) is 11.8 Å². The number of aliphatic hydroxyl groups is 1. The van der Waals surface area contributed by atoms with Crippen molar-refractivity contribution in [1.29, 1.82) is 0 Å². The first-order valence-corrected chi connectivity index (χ1v) is 16.2. The van der Waals surface area contributed by atoms with Crippen LogP contribution in [-0.4, -0.2) is 47.9 Å². The molecule has 0 aromatic heterocycles. The number of carbonyl (C=O) groups excluding carboxylic acids is 2. The molecule has 246 valence electrons. The van der Waals surface area contributed by atoms with Gasteiger partial charge in [0.2, 0.25) is 0 Å². The number of hydrogen-bond donors (Lipinski definition) is 1. The molecule has 44 heavy (non-hydrogen) atoms. The molecule has 0 aliphatic heterocycles. The van der Waals surface area contributed by atoms with Gasteiger partial charge in [0, 0.05) is 31.1 Å². The third-order valence-corrected chi connectivity index (χ3v) is 7.64. The number of esters is 2. The fourth-order valence-corrected chi connectivity index (χ4v) is 5.36. The second-order valence-electron chi connectivity index (χ2n) is 11.9. The van der Waals surface area contributed by atoms with Crippen molar-refractivity contribution in [2.45, 2.75) is 122 Å². The Morgan fingerprint density at radius 3 is 2.36 bits per heavy atom. The molecule has 2 rings (SSSR count). The lowest BCUT2D eigenvalue weighted by Crippen LogP contribution is -2.26. The first-order valence-electron chi connectivity index (χ1n) is 16.2. The van der Waals surface area contributed by atoms with Gasteiger partial charge in [0.25, 0.3) is 5.92 Å². The quantitative estimate of drug-likeness (QED) is 0.0797. The molecule has 0 unspecified atom stereocenters. The summed E-state index contributed by atoms with van der Waals surface area (Å²) in [4.78, 5) is 24.5. The molecule has 1 aromatic rings. The standard InChI is InChI=1S/C36H52F2O6/c1-4-5-6-7-8-9-10-17-23-35(41)44-33-26-32(39)30(24-25-36(37,38)27-42-29-19-14-13-15-20-29)31(33)21-16-11-12-18-22-34(40)43-28(2)3/h4,11,13-16,19-20,24-25,28,30-33,39H,1,5-10,12,17-18,21-23,26-27H2,2-3H3/b16-11-,25-24+/t30-,31-,32-,33+/m1/s1. The number of alkyl halides is 2. The van der Waals surface area contributed by atoms with Crippen LogP contribution in [-0.2, 0) is 19.1 Å². The zero-order chi connectivity index (χ0) is 32.2. The Morgan fingerprint density at radius 2 is 1.66 bits per heavy atom. The summed E-state index contributed by atoms with van der Waals surface area (Å²) >= 11 is 0. The van der Waals surface area contributed by atoms with Crippen LogP contribution in [0.3, 0.4) is 0 Å². The number of carbonyl (C=O) groups is 2. The highest BCUT2D eigenvalue weighted by Crippen LogP contribution is 2.39. The molecule has 0 bridgehead atoms. The summed E-state index contributed by atoms with van der Waals surface area (Å²) in [6, 6.07) is 8.42. The van der Waals surface area contributed by atoms with Gasteiger partial charge in [0.1, 0.15) is 11.9 Å². The molecule has 4 atom stereocenters. The summed E-state index contributed by atoms with van der Waals surface area (Å²) in [6.07, 6.45) is 16.0. The van der Waals surface area contributed by atoms with E-state index in [9.17, 15) is 23.5 Å². The van der Waals surface area contributed by atoms with E-state index in [4.69, 9.17) is 14.2 Å². The Hall–Kier alpha value is -3.00. The summed E-state index contributed by atoms with van der Waals surface area (Å²) in [7, 11) is 0. The van der Waals surface area contributed by atoms with E-state index in [0.717, 1.165) is 51.0 Å². The molecule has 6 nitrogen and oxygen atoms in total. The molecule has 1 aliphatic rings. The summed E-state index contributed by atoms with van der Waals surface area (Å²) < 4.78 is 45.6. The van der Waals surface area contributed by atoms with E-state index in [2.05, 4.69) is 6.58 Å². The van der Waals surface area contributed by atoms with E-state index in [0.29, 0.717) is 37.9 Å². The lowest BCUT2D eigenvalue weighted by atomic mass is 9.89. The third kappa shape index (κ3) is 15.6. The zero-order valence-electron chi connectivity index (χ0n) is 26.5. The van der Waals surface area contributed by atoms with E-state index in [-0.39, 0.29) is 30.4 Å². The molecular weight excluding hydrogens is 566 g/mol. The average molecular weight is 619 g/mol. The fourth-order valence-electron chi connectivity index (χ4n) is 5.36. The smallest absolute Gasteiger partial charge is 0.306 e. The van der Waals surface area contributed by atoms with Gasteiger partial charge in [-0.1, -0.05) is 68.2 Å². The molecule has 0 radical (unpaired) electrons. The van der Waals surface area contributed by atoms with Crippen molar-refractivity contribution < 1.29 is 37.7 Å². The summed E-state index contributed by atoms with van der Waals surface area (Å²) in [6.45, 7) is 6.52. The van der Waals surface area contributed by atoms with Crippen molar-refractivity contribution >= 4 is 11.9 Å². The first kappa shape index (κ1) is 37.2. The first-order chi connectivity index (χ1) is 21.1. The summed E-state index contributed by atoms with van der Waals surface area (Å²) in [5, 5.41) is 10.9. The highest BCUT2D eigenvalue weighted by atomic mass is 19.3. The molecule has 1 aliphatic carbocycles. The minimum atomic E-state index is -3.25. The van der Waals surface area contributed by atoms with Gasteiger partial charge in [0.05, 0.1) is 12.2 Å². The maximum absolute atomic E-state index is 14.7.